The van der Waals surface area contributed by atoms with Crippen LogP contribution in [0.1, 0.15) is 39.0 Å². The van der Waals surface area contributed by atoms with Crippen LogP contribution in [0.15, 0.2) is 48.6 Å². The number of hydrogen-bond acceptors (Lipinski definition) is 0. The molecule has 0 amide bonds. The smallest absolute Gasteiger partial charge is 0.0161 e. The predicted octanol–water partition coefficient (Wildman–Crippen LogP) is 4.81. The van der Waals surface area contributed by atoms with Crippen LogP contribution in [0.3, 0.4) is 0 Å². The monoisotopic (exact) mass is 202 g/mol. The van der Waals surface area contributed by atoms with Crippen molar-refractivity contribution in [2.75, 3.05) is 0 Å². The van der Waals surface area contributed by atoms with Gasteiger partial charge in [-0.2, -0.15) is 0 Å². The van der Waals surface area contributed by atoms with Gasteiger partial charge in [-0.1, -0.05) is 62.0 Å². The van der Waals surface area contributed by atoms with Gasteiger partial charge < -0.3 is 0 Å². The number of unbranched alkanes of at least 4 members (excludes halogenated alkanes) is 1. The van der Waals surface area contributed by atoms with Gasteiger partial charge in [0.15, 0.2) is 0 Å². The Balaban J connectivity index is 2.06. The lowest BCUT2D eigenvalue weighted by Gasteiger charge is -2.08. The molecule has 0 nitrogen and oxygen atoms in total. The van der Waals surface area contributed by atoms with Gasteiger partial charge in [-0.3, -0.25) is 0 Å². The van der Waals surface area contributed by atoms with E-state index in [0.717, 1.165) is 12.3 Å². The zero-order valence-corrected chi connectivity index (χ0v) is 9.73. The van der Waals surface area contributed by atoms with Gasteiger partial charge in [-0.25, -0.2) is 0 Å². The van der Waals surface area contributed by atoms with Crippen molar-refractivity contribution in [2.24, 2.45) is 5.92 Å². The molecule has 0 aromatic carbocycles. The van der Waals surface area contributed by atoms with Crippen LogP contribution in [-0.2, 0) is 0 Å². The molecule has 0 aliphatic heterocycles. The molecule has 15 heavy (non-hydrogen) atoms. The molecule has 0 radical (unpaired) electrons. The Morgan fingerprint density at radius 1 is 1.13 bits per heavy atom. The maximum Gasteiger partial charge on any atom is -0.0161 e. The van der Waals surface area contributed by atoms with E-state index >= 15 is 0 Å². The van der Waals surface area contributed by atoms with E-state index in [1.807, 2.05) is 0 Å². The summed E-state index contributed by atoms with van der Waals surface area (Å²) in [4.78, 5) is 0. The highest BCUT2D eigenvalue weighted by Crippen LogP contribution is 2.15. The Morgan fingerprint density at radius 2 is 2.00 bits per heavy atom. The van der Waals surface area contributed by atoms with E-state index in [9.17, 15) is 0 Å². The lowest BCUT2D eigenvalue weighted by molar-refractivity contribution is 0.668. The van der Waals surface area contributed by atoms with Crippen molar-refractivity contribution >= 4 is 0 Å². The molecule has 0 spiro atoms. The van der Waals surface area contributed by atoms with Crippen LogP contribution in [0.2, 0.25) is 0 Å². The quantitative estimate of drug-likeness (QED) is 0.542. The van der Waals surface area contributed by atoms with Crippen LogP contribution >= 0.6 is 0 Å². The maximum atomic E-state index is 2.31. The SMILES string of the molecule is CCC/C=C\C/C=C/CC1C=CC=CC1. The van der Waals surface area contributed by atoms with E-state index in [2.05, 4.69) is 55.5 Å². The highest BCUT2D eigenvalue weighted by Gasteiger charge is 2.01. The molecular weight excluding hydrogens is 180 g/mol. The van der Waals surface area contributed by atoms with Crippen molar-refractivity contribution in [3.63, 3.8) is 0 Å². The fraction of sp³-hybridized carbons (Fsp3) is 0.467. The molecule has 1 atom stereocenters. The predicted molar refractivity (Wildman–Crippen MR) is 68.8 cm³/mol. The van der Waals surface area contributed by atoms with Crippen molar-refractivity contribution in [1.29, 1.82) is 0 Å². The highest BCUT2D eigenvalue weighted by atomic mass is 14.1. The molecule has 0 aromatic rings. The molecule has 1 aliphatic carbocycles. The Kier molecular flexibility index (Phi) is 6.64. The molecule has 0 heterocycles. The summed E-state index contributed by atoms with van der Waals surface area (Å²) in [5.74, 6) is 0.728. The molecule has 82 valence electrons. The van der Waals surface area contributed by atoms with E-state index < -0.39 is 0 Å². The van der Waals surface area contributed by atoms with Crippen LogP contribution in [0.4, 0.5) is 0 Å². The summed E-state index contributed by atoms with van der Waals surface area (Å²) >= 11 is 0. The first kappa shape index (κ1) is 12.0. The second-order valence-corrected chi connectivity index (χ2v) is 4.01. The Bertz CT molecular complexity index is 253. The van der Waals surface area contributed by atoms with Crippen molar-refractivity contribution in [1.82, 2.24) is 0 Å². The van der Waals surface area contributed by atoms with Gasteiger partial charge in [0.2, 0.25) is 0 Å². The Labute approximate surface area is 94.1 Å². The van der Waals surface area contributed by atoms with Gasteiger partial charge in [0.25, 0.3) is 0 Å². The number of hydrogen-bond donors (Lipinski definition) is 0. The average molecular weight is 202 g/mol. The van der Waals surface area contributed by atoms with Crippen LogP contribution < -0.4 is 0 Å². The summed E-state index contributed by atoms with van der Waals surface area (Å²) in [6, 6.07) is 0. The van der Waals surface area contributed by atoms with E-state index in [-0.39, 0.29) is 0 Å². The van der Waals surface area contributed by atoms with Gasteiger partial charge >= 0.3 is 0 Å². The number of allylic oxidation sites excluding steroid dienone is 8. The minimum Gasteiger partial charge on any atom is -0.0882 e. The normalized spacial score (nSPS) is 20.7. The van der Waals surface area contributed by atoms with Gasteiger partial charge in [0, 0.05) is 0 Å². The molecule has 0 fully saturated rings. The van der Waals surface area contributed by atoms with Crippen molar-refractivity contribution < 1.29 is 0 Å². The molecule has 0 heteroatoms. The molecule has 0 saturated carbocycles. The zero-order chi connectivity index (χ0) is 10.8. The Hall–Kier alpha value is -1.04. The van der Waals surface area contributed by atoms with E-state index in [4.69, 9.17) is 0 Å². The maximum absolute atomic E-state index is 2.31. The van der Waals surface area contributed by atoms with Gasteiger partial charge in [-0.15, -0.1) is 0 Å². The largest absolute Gasteiger partial charge is 0.0882 e. The molecule has 1 unspecified atom stereocenters. The summed E-state index contributed by atoms with van der Waals surface area (Å²) in [5, 5.41) is 0. The van der Waals surface area contributed by atoms with Gasteiger partial charge in [0.05, 0.1) is 0 Å². The summed E-state index contributed by atoms with van der Waals surface area (Å²) in [5.41, 5.74) is 0. The van der Waals surface area contributed by atoms with Crippen molar-refractivity contribution in [3.05, 3.63) is 48.6 Å². The second-order valence-electron chi connectivity index (χ2n) is 4.01. The molecule has 1 aliphatic rings. The van der Waals surface area contributed by atoms with E-state index in [0.29, 0.717) is 0 Å². The topological polar surface area (TPSA) is 0 Å². The fourth-order valence-corrected chi connectivity index (χ4v) is 1.63. The van der Waals surface area contributed by atoms with Gasteiger partial charge in [-0.05, 0) is 31.6 Å². The lowest BCUT2D eigenvalue weighted by Crippen LogP contribution is -1.94. The molecule has 0 N–H and O–H groups in total. The average Bonchev–Trinajstić information content (AvgIpc) is 2.29. The summed E-state index contributed by atoms with van der Waals surface area (Å²) < 4.78 is 0. The Morgan fingerprint density at radius 3 is 2.73 bits per heavy atom. The third kappa shape index (κ3) is 6.11. The first-order valence-electron chi connectivity index (χ1n) is 6.06. The lowest BCUT2D eigenvalue weighted by atomic mass is 9.97. The number of rotatable bonds is 6. The molecular formula is C15H22. The minimum absolute atomic E-state index is 0.728. The fourth-order valence-electron chi connectivity index (χ4n) is 1.63. The van der Waals surface area contributed by atoms with Crippen LogP contribution in [0, 0.1) is 5.92 Å². The first-order chi connectivity index (χ1) is 7.43. The van der Waals surface area contributed by atoms with Crippen LogP contribution in [-0.4, -0.2) is 0 Å². The summed E-state index contributed by atoms with van der Waals surface area (Å²) in [6.07, 6.45) is 23.9. The van der Waals surface area contributed by atoms with E-state index in [1.54, 1.807) is 0 Å². The van der Waals surface area contributed by atoms with Crippen LogP contribution in [0.25, 0.3) is 0 Å². The van der Waals surface area contributed by atoms with E-state index in [1.165, 1.54) is 25.7 Å². The standard InChI is InChI=1S/C15H22/c1-2-3-4-5-6-7-9-12-15-13-10-8-11-14-15/h4-5,7-11,13,15H,2-3,6,12,14H2,1H3/b5-4-,9-7+. The summed E-state index contributed by atoms with van der Waals surface area (Å²) in [7, 11) is 0. The zero-order valence-electron chi connectivity index (χ0n) is 9.73. The third-order valence-electron chi connectivity index (χ3n) is 2.57. The van der Waals surface area contributed by atoms with Crippen LogP contribution in [0.5, 0.6) is 0 Å². The third-order valence-corrected chi connectivity index (χ3v) is 2.57. The van der Waals surface area contributed by atoms with Gasteiger partial charge in [0.1, 0.15) is 0 Å². The van der Waals surface area contributed by atoms with Crippen molar-refractivity contribution in [2.45, 2.75) is 39.0 Å². The molecule has 0 bridgehead atoms. The molecule has 0 aromatic heterocycles. The molecule has 1 rings (SSSR count). The minimum atomic E-state index is 0.728. The second kappa shape index (κ2) is 8.28. The first-order valence-corrected chi connectivity index (χ1v) is 6.06. The van der Waals surface area contributed by atoms with Crippen molar-refractivity contribution in [3.8, 4) is 0 Å². The highest BCUT2D eigenvalue weighted by molar-refractivity contribution is 5.11. The molecule has 0 saturated heterocycles. The summed E-state index contributed by atoms with van der Waals surface area (Å²) in [6.45, 7) is 2.21.